The summed E-state index contributed by atoms with van der Waals surface area (Å²) < 4.78 is 2.45. The van der Waals surface area contributed by atoms with Gasteiger partial charge in [0, 0.05) is 35.7 Å². The third-order valence-corrected chi connectivity index (χ3v) is 6.78. The Morgan fingerprint density at radius 3 is 1.73 bits per heavy atom. The molecular formula is C29H39N4+. The number of hydrogen-bond acceptors (Lipinski definition) is 3. The van der Waals surface area contributed by atoms with E-state index in [-0.39, 0.29) is 6.29 Å². The molecule has 174 valence electrons. The highest BCUT2D eigenvalue weighted by Crippen LogP contribution is 2.49. The lowest BCUT2D eigenvalue weighted by molar-refractivity contribution is -0.481. The van der Waals surface area contributed by atoms with Crippen LogP contribution in [0.3, 0.4) is 0 Å². The zero-order valence-electron chi connectivity index (χ0n) is 22.0. The van der Waals surface area contributed by atoms with E-state index in [4.69, 9.17) is 4.99 Å². The topological polar surface area (TPSA) is 21.9 Å². The minimum Gasteiger partial charge on any atom is -0.266 e. The van der Waals surface area contributed by atoms with Crippen LogP contribution in [0.2, 0.25) is 0 Å². The van der Waals surface area contributed by atoms with E-state index in [0.29, 0.717) is 0 Å². The van der Waals surface area contributed by atoms with Crippen LogP contribution in [0, 0.1) is 0 Å². The van der Waals surface area contributed by atoms with Crippen LogP contribution in [-0.2, 0) is 0 Å². The van der Waals surface area contributed by atoms with Crippen LogP contribution in [0.1, 0.15) is 69.2 Å². The van der Waals surface area contributed by atoms with E-state index in [0.717, 1.165) is 17.1 Å². The predicted octanol–water partition coefficient (Wildman–Crippen LogP) is 8.16. The Morgan fingerprint density at radius 1 is 0.667 bits per heavy atom. The van der Waals surface area contributed by atoms with Crippen molar-refractivity contribution in [3.8, 4) is 0 Å². The minimum absolute atomic E-state index is 0.0216. The van der Waals surface area contributed by atoms with Crippen LogP contribution in [0.25, 0.3) is 0 Å². The van der Waals surface area contributed by atoms with Crippen LogP contribution < -0.4 is 9.80 Å². The second-order valence-electron chi connectivity index (χ2n) is 8.14. The molecule has 0 saturated heterocycles. The summed E-state index contributed by atoms with van der Waals surface area (Å²) >= 11 is 0. The van der Waals surface area contributed by atoms with Crippen LogP contribution >= 0.6 is 0 Å². The van der Waals surface area contributed by atoms with Gasteiger partial charge in [-0.25, -0.2) is 4.99 Å². The minimum atomic E-state index is 0.0216. The first kappa shape index (κ1) is 24.5. The molecule has 0 saturated carbocycles. The largest absolute Gasteiger partial charge is 0.325 e. The average molecular weight is 444 g/mol. The van der Waals surface area contributed by atoms with Crippen LogP contribution in [0.15, 0.2) is 76.1 Å². The number of rotatable bonds is 0. The summed E-state index contributed by atoms with van der Waals surface area (Å²) in [6.07, 6.45) is 0.0216. The second-order valence-corrected chi connectivity index (χ2v) is 8.14. The van der Waals surface area contributed by atoms with E-state index >= 15 is 0 Å². The number of anilines is 2. The number of para-hydroxylation sites is 4. The number of nitrogens with zero attached hydrogens (tertiary/aromatic N) is 4. The number of benzene rings is 2. The van der Waals surface area contributed by atoms with E-state index in [9.17, 15) is 0 Å². The SMILES string of the molecule is CC.CC.CC1=Nc2ccccc2[N+]2=C(C)C(C)=C(C)N3c4ccccc4N(/C(C)=C\1C)C32. The number of aliphatic imine (C=N–C) groups is 1. The molecule has 4 nitrogen and oxygen atoms in total. The molecular weight excluding hydrogens is 404 g/mol. The zero-order chi connectivity index (χ0) is 24.4. The summed E-state index contributed by atoms with van der Waals surface area (Å²) in [6, 6.07) is 17.2. The van der Waals surface area contributed by atoms with Crippen molar-refractivity contribution >= 4 is 34.2 Å². The molecule has 0 bridgehead atoms. The van der Waals surface area contributed by atoms with E-state index in [1.807, 2.05) is 27.7 Å². The van der Waals surface area contributed by atoms with E-state index in [2.05, 4.69) is 104 Å². The molecule has 0 fully saturated rings. The molecule has 1 atom stereocenters. The van der Waals surface area contributed by atoms with Crippen LogP contribution in [-0.4, -0.2) is 22.3 Å². The van der Waals surface area contributed by atoms with Crippen molar-refractivity contribution in [1.82, 2.24) is 0 Å². The smallest absolute Gasteiger partial charge is 0.266 e. The number of hydrogen-bond donors (Lipinski definition) is 0. The van der Waals surface area contributed by atoms with Gasteiger partial charge in [0.25, 0.3) is 0 Å². The van der Waals surface area contributed by atoms with Gasteiger partial charge >= 0.3 is 6.29 Å². The van der Waals surface area contributed by atoms with Crippen molar-refractivity contribution in [2.45, 2.75) is 75.5 Å². The molecule has 0 aromatic heterocycles. The molecule has 3 heterocycles. The Kier molecular flexibility index (Phi) is 7.26. The summed E-state index contributed by atoms with van der Waals surface area (Å²) in [7, 11) is 0. The lowest BCUT2D eigenvalue weighted by atomic mass is 10.1. The fraction of sp³-hybridized carbons (Fsp3) is 0.379. The van der Waals surface area contributed by atoms with E-state index in [1.165, 1.54) is 39.6 Å². The molecule has 3 aliphatic rings. The Balaban J connectivity index is 0.000000728. The lowest BCUT2D eigenvalue weighted by Gasteiger charge is -2.35. The summed E-state index contributed by atoms with van der Waals surface area (Å²) in [5, 5.41) is 0. The van der Waals surface area contributed by atoms with Gasteiger partial charge in [-0.3, -0.25) is 9.80 Å². The van der Waals surface area contributed by atoms with Gasteiger partial charge in [-0.15, -0.1) is 0 Å². The molecule has 2 aromatic rings. The molecule has 0 spiro atoms. The first-order chi connectivity index (χ1) is 15.9. The van der Waals surface area contributed by atoms with Crippen molar-refractivity contribution in [2.24, 2.45) is 4.99 Å². The molecule has 0 N–H and O–H groups in total. The fourth-order valence-corrected chi connectivity index (χ4v) is 4.75. The monoisotopic (exact) mass is 443 g/mol. The molecule has 4 heteroatoms. The Hall–Kier alpha value is -3.14. The Bertz CT molecular complexity index is 1180. The molecule has 0 radical (unpaired) electrons. The van der Waals surface area contributed by atoms with E-state index < -0.39 is 0 Å². The van der Waals surface area contributed by atoms with Gasteiger partial charge in [0.05, 0.1) is 11.4 Å². The lowest BCUT2D eigenvalue weighted by Crippen LogP contribution is -2.53. The Morgan fingerprint density at radius 2 is 1.15 bits per heavy atom. The quantitative estimate of drug-likeness (QED) is 0.383. The van der Waals surface area contributed by atoms with Gasteiger partial charge in [-0.05, 0) is 58.4 Å². The number of fused-ring (bicyclic) bond motifs is 5. The van der Waals surface area contributed by atoms with Gasteiger partial charge < -0.3 is 0 Å². The van der Waals surface area contributed by atoms with Gasteiger partial charge in [0.1, 0.15) is 5.69 Å². The third kappa shape index (κ3) is 3.72. The maximum atomic E-state index is 5.04. The first-order valence-electron chi connectivity index (χ1n) is 12.2. The highest BCUT2D eigenvalue weighted by molar-refractivity contribution is 6.03. The molecule has 2 aromatic carbocycles. The summed E-state index contributed by atoms with van der Waals surface area (Å²) in [6.45, 7) is 21.2. The third-order valence-electron chi connectivity index (χ3n) is 6.78. The van der Waals surface area contributed by atoms with Gasteiger partial charge in [0.2, 0.25) is 5.69 Å². The first-order valence-corrected chi connectivity index (χ1v) is 12.2. The molecule has 3 aliphatic heterocycles. The van der Waals surface area contributed by atoms with E-state index in [1.54, 1.807) is 0 Å². The fourth-order valence-electron chi connectivity index (χ4n) is 4.75. The molecule has 33 heavy (non-hydrogen) atoms. The highest BCUT2D eigenvalue weighted by Gasteiger charge is 2.50. The molecule has 1 unspecified atom stereocenters. The zero-order valence-corrected chi connectivity index (χ0v) is 22.0. The second kappa shape index (κ2) is 9.78. The summed E-state index contributed by atoms with van der Waals surface area (Å²) in [5.41, 5.74) is 12.1. The number of allylic oxidation sites excluding steroid dienone is 4. The highest BCUT2D eigenvalue weighted by atomic mass is 15.5. The van der Waals surface area contributed by atoms with Crippen LogP contribution in [0.4, 0.5) is 22.7 Å². The normalized spacial score (nSPS) is 20.8. The predicted molar refractivity (Wildman–Crippen MR) is 144 cm³/mol. The van der Waals surface area contributed by atoms with Crippen molar-refractivity contribution in [3.05, 3.63) is 71.1 Å². The van der Waals surface area contributed by atoms with Crippen LogP contribution in [0.5, 0.6) is 0 Å². The van der Waals surface area contributed by atoms with Crippen molar-refractivity contribution in [2.75, 3.05) is 9.80 Å². The standard InChI is InChI=1S/C25H27N4.2C2H6/c1-15-17(3)26-21-11-7-8-12-22(21)27-19(5)16(2)20(6)29-24-14-10-9-13-23(24)28(18(15)4)25(27)29;2*1-2/h7-14,25H,1-6H3;2*1-2H3/q+1;;/b18-15-,26-17?;;. The molecule has 0 amide bonds. The average Bonchev–Trinajstić information content (AvgIpc) is 3.20. The van der Waals surface area contributed by atoms with Gasteiger partial charge in [0.15, 0.2) is 5.71 Å². The van der Waals surface area contributed by atoms with Gasteiger partial charge in [-0.1, -0.05) is 52.0 Å². The maximum Gasteiger partial charge on any atom is 0.325 e. The van der Waals surface area contributed by atoms with Gasteiger partial charge in [-0.2, -0.15) is 4.58 Å². The molecule has 5 rings (SSSR count). The van der Waals surface area contributed by atoms with Crippen molar-refractivity contribution in [1.29, 1.82) is 0 Å². The van der Waals surface area contributed by atoms with Crippen molar-refractivity contribution < 1.29 is 4.58 Å². The summed E-state index contributed by atoms with van der Waals surface area (Å²) in [4.78, 5) is 10.00. The summed E-state index contributed by atoms with van der Waals surface area (Å²) in [5.74, 6) is 0. The van der Waals surface area contributed by atoms with Crippen molar-refractivity contribution in [3.63, 3.8) is 0 Å². The molecule has 0 aliphatic carbocycles. The maximum absolute atomic E-state index is 5.04. The Labute approximate surface area is 200 Å².